The van der Waals surface area contributed by atoms with Gasteiger partial charge >= 0.3 is 0 Å². The molecule has 0 heterocycles. The predicted octanol–water partition coefficient (Wildman–Crippen LogP) is 9.45. The zero-order valence-corrected chi connectivity index (χ0v) is 21.8. The van der Waals surface area contributed by atoms with Crippen LogP contribution in [0.5, 0.6) is 23.0 Å². The quantitative estimate of drug-likeness (QED) is 0.243. The van der Waals surface area contributed by atoms with Gasteiger partial charge in [-0.25, -0.2) is 0 Å². The topological polar surface area (TPSA) is 47.6 Å². The van der Waals surface area contributed by atoms with E-state index in [4.69, 9.17) is 9.47 Å². The van der Waals surface area contributed by atoms with Crippen LogP contribution in [0.15, 0.2) is 121 Å². The first-order valence-electron chi connectivity index (χ1n) is 12.9. The first-order chi connectivity index (χ1) is 19.0. The van der Waals surface area contributed by atoms with Gasteiger partial charge in [0.25, 0.3) is 5.91 Å². The van der Waals surface area contributed by atoms with Crippen molar-refractivity contribution in [2.75, 3.05) is 5.32 Å². The number of hydrogen-bond acceptors (Lipinski definition) is 3. The number of aryl methyl sites for hydroxylation is 2. The number of carbonyl (C=O) groups is 1. The summed E-state index contributed by atoms with van der Waals surface area (Å²) in [5.74, 6) is 2.80. The highest BCUT2D eigenvalue weighted by atomic mass is 16.5. The van der Waals surface area contributed by atoms with E-state index in [1.54, 1.807) is 12.1 Å². The van der Waals surface area contributed by atoms with Gasteiger partial charge in [-0.15, -0.1) is 0 Å². The Bertz CT molecular complexity index is 1810. The van der Waals surface area contributed by atoms with Crippen LogP contribution < -0.4 is 14.8 Å². The van der Waals surface area contributed by atoms with Crippen molar-refractivity contribution in [2.24, 2.45) is 0 Å². The Labute approximate surface area is 227 Å². The van der Waals surface area contributed by atoms with Crippen LogP contribution in [0.3, 0.4) is 0 Å². The maximum Gasteiger partial charge on any atom is 0.255 e. The van der Waals surface area contributed by atoms with Crippen LogP contribution in [-0.2, 0) is 0 Å². The number of nitrogens with one attached hydrogen (secondary N) is 1. The maximum absolute atomic E-state index is 12.8. The fourth-order valence-corrected chi connectivity index (χ4v) is 4.62. The zero-order chi connectivity index (χ0) is 26.8. The van der Waals surface area contributed by atoms with E-state index in [9.17, 15) is 4.79 Å². The molecule has 0 aromatic heterocycles. The summed E-state index contributed by atoms with van der Waals surface area (Å²) in [6, 6.07) is 39.3. The van der Waals surface area contributed by atoms with Crippen molar-refractivity contribution in [3.8, 4) is 23.0 Å². The molecule has 6 aromatic carbocycles. The molecule has 0 saturated heterocycles. The molecule has 0 atom stereocenters. The predicted molar refractivity (Wildman–Crippen MR) is 158 cm³/mol. The lowest BCUT2D eigenvalue weighted by Gasteiger charge is -2.12. The largest absolute Gasteiger partial charge is 0.457 e. The fraction of sp³-hybridized carbons (Fsp3) is 0.0571. The Kier molecular flexibility index (Phi) is 6.44. The minimum Gasteiger partial charge on any atom is -0.457 e. The summed E-state index contributed by atoms with van der Waals surface area (Å²) in [4.78, 5) is 12.8. The Hall–Kier alpha value is -5.09. The van der Waals surface area contributed by atoms with Gasteiger partial charge in [0.05, 0.1) is 0 Å². The van der Waals surface area contributed by atoms with Crippen molar-refractivity contribution in [3.05, 3.63) is 138 Å². The number of hydrogen-bond donors (Lipinski definition) is 1. The van der Waals surface area contributed by atoms with Crippen LogP contribution >= 0.6 is 0 Å². The Morgan fingerprint density at radius 2 is 0.949 bits per heavy atom. The molecule has 6 aromatic rings. The second-order valence-electron chi connectivity index (χ2n) is 9.64. The lowest BCUT2D eigenvalue weighted by molar-refractivity contribution is 0.102. The molecule has 0 unspecified atom stereocenters. The number of amides is 1. The SMILES string of the molecule is Cc1cc2ccccc2cc1Oc1ccc(NC(=O)c2ccc(Oc3cc4ccccc4cc3C)cc2)cc1. The van der Waals surface area contributed by atoms with E-state index in [2.05, 4.69) is 47.8 Å². The Morgan fingerprint density at radius 3 is 1.41 bits per heavy atom. The first kappa shape index (κ1) is 24.3. The summed E-state index contributed by atoms with van der Waals surface area (Å²) in [5, 5.41) is 7.56. The molecule has 6 rings (SSSR count). The Morgan fingerprint density at radius 1 is 0.538 bits per heavy atom. The first-order valence-corrected chi connectivity index (χ1v) is 12.9. The molecule has 1 N–H and O–H groups in total. The third kappa shape index (κ3) is 5.32. The number of fused-ring (bicyclic) bond motifs is 2. The molecule has 4 nitrogen and oxygen atoms in total. The van der Waals surface area contributed by atoms with Crippen LogP contribution in [0.4, 0.5) is 5.69 Å². The van der Waals surface area contributed by atoms with Gasteiger partial charge in [0.15, 0.2) is 0 Å². The lowest BCUT2D eigenvalue weighted by Crippen LogP contribution is -2.11. The summed E-state index contributed by atoms with van der Waals surface area (Å²) in [6.07, 6.45) is 0. The molecule has 0 spiro atoms. The van der Waals surface area contributed by atoms with Gasteiger partial charge in [-0.1, -0.05) is 48.5 Å². The summed E-state index contributed by atoms with van der Waals surface area (Å²) in [5.41, 5.74) is 3.35. The summed E-state index contributed by atoms with van der Waals surface area (Å²) >= 11 is 0. The number of rotatable bonds is 6. The highest BCUT2D eigenvalue weighted by Crippen LogP contribution is 2.31. The van der Waals surface area contributed by atoms with Crippen LogP contribution in [-0.4, -0.2) is 5.91 Å². The minimum absolute atomic E-state index is 0.192. The fourth-order valence-electron chi connectivity index (χ4n) is 4.62. The average molecular weight is 510 g/mol. The average Bonchev–Trinajstić information content (AvgIpc) is 2.95. The highest BCUT2D eigenvalue weighted by molar-refractivity contribution is 6.04. The molecule has 0 saturated carbocycles. The van der Waals surface area contributed by atoms with E-state index in [0.717, 1.165) is 33.4 Å². The van der Waals surface area contributed by atoms with Gasteiger partial charge < -0.3 is 14.8 Å². The number of anilines is 1. The van der Waals surface area contributed by atoms with E-state index in [-0.39, 0.29) is 5.91 Å². The van der Waals surface area contributed by atoms with Gasteiger partial charge in [-0.2, -0.15) is 0 Å². The zero-order valence-electron chi connectivity index (χ0n) is 21.8. The van der Waals surface area contributed by atoms with Gasteiger partial charge in [-0.05, 0) is 119 Å². The van der Waals surface area contributed by atoms with E-state index in [1.807, 2.05) is 80.6 Å². The molecule has 0 aliphatic rings. The normalized spacial score (nSPS) is 10.9. The smallest absolute Gasteiger partial charge is 0.255 e. The van der Waals surface area contributed by atoms with E-state index in [1.165, 1.54) is 10.8 Å². The van der Waals surface area contributed by atoms with Crippen molar-refractivity contribution in [1.82, 2.24) is 0 Å². The second-order valence-corrected chi connectivity index (χ2v) is 9.64. The maximum atomic E-state index is 12.8. The molecule has 0 aliphatic carbocycles. The van der Waals surface area contributed by atoms with Crippen molar-refractivity contribution in [2.45, 2.75) is 13.8 Å². The summed E-state index contributed by atoms with van der Waals surface area (Å²) in [7, 11) is 0. The molecule has 190 valence electrons. The lowest BCUT2D eigenvalue weighted by atomic mass is 10.1. The molecule has 4 heteroatoms. The van der Waals surface area contributed by atoms with E-state index in [0.29, 0.717) is 22.7 Å². The third-order valence-electron chi connectivity index (χ3n) is 6.77. The van der Waals surface area contributed by atoms with Crippen LogP contribution in [0.25, 0.3) is 21.5 Å². The summed E-state index contributed by atoms with van der Waals surface area (Å²) < 4.78 is 12.2. The van der Waals surface area contributed by atoms with Gasteiger partial charge in [0.1, 0.15) is 23.0 Å². The standard InChI is InChI=1S/C35H27NO3/c1-23-19-26-7-3-5-9-28(26)21-33(23)38-31-15-11-25(12-16-31)35(37)36-30-13-17-32(18-14-30)39-34-22-29-10-6-4-8-27(29)20-24(34)2/h3-22H,1-2H3,(H,36,37). The van der Waals surface area contributed by atoms with Crippen molar-refractivity contribution in [3.63, 3.8) is 0 Å². The van der Waals surface area contributed by atoms with Crippen LogP contribution in [0, 0.1) is 13.8 Å². The molecule has 0 fully saturated rings. The van der Waals surface area contributed by atoms with E-state index >= 15 is 0 Å². The Balaban J connectivity index is 1.10. The van der Waals surface area contributed by atoms with Gasteiger partial charge in [-0.3, -0.25) is 4.79 Å². The molecular weight excluding hydrogens is 482 g/mol. The highest BCUT2D eigenvalue weighted by Gasteiger charge is 2.10. The van der Waals surface area contributed by atoms with Crippen molar-refractivity contribution in [1.29, 1.82) is 0 Å². The van der Waals surface area contributed by atoms with E-state index < -0.39 is 0 Å². The number of ether oxygens (including phenoxy) is 2. The van der Waals surface area contributed by atoms with Crippen LogP contribution in [0.2, 0.25) is 0 Å². The van der Waals surface area contributed by atoms with Crippen molar-refractivity contribution >= 4 is 33.1 Å². The third-order valence-corrected chi connectivity index (χ3v) is 6.77. The molecule has 1 amide bonds. The van der Waals surface area contributed by atoms with Crippen molar-refractivity contribution < 1.29 is 14.3 Å². The number of benzene rings is 6. The minimum atomic E-state index is -0.192. The molecule has 0 bridgehead atoms. The summed E-state index contributed by atoms with van der Waals surface area (Å²) in [6.45, 7) is 4.07. The monoisotopic (exact) mass is 509 g/mol. The second kappa shape index (κ2) is 10.3. The molecule has 0 aliphatic heterocycles. The molecule has 39 heavy (non-hydrogen) atoms. The van der Waals surface area contributed by atoms with Gasteiger partial charge in [0, 0.05) is 11.3 Å². The molecular formula is C35H27NO3. The van der Waals surface area contributed by atoms with Gasteiger partial charge in [0.2, 0.25) is 0 Å². The van der Waals surface area contributed by atoms with Crippen LogP contribution in [0.1, 0.15) is 21.5 Å². The molecule has 0 radical (unpaired) electrons. The number of carbonyl (C=O) groups excluding carboxylic acids is 1.